The van der Waals surface area contributed by atoms with Crippen LogP contribution < -0.4 is 10.1 Å². The number of pyridine rings is 1. The van der Waals surface area contributed by atoms with E-state index in [1.54, 1.807) is 24.5 Å². The van der Waals surface area contributed by atoms with E-state index in [0.29, 0.717) is 18.1 Å². The Bertz CT molecular complexity index is 1480. The number of aromatic nitrogens is 1. The van der Waals surface area contributed by atoms with Crippen LogP contribution in [0.3, 0.4) is 0 Å². The number of benzene rings is 2. The summed E-state index contributed by atoms with van der Waals surface area (Å²) in [6, 6.07) is 21.6. The van der Waals surface area contributed by atoms with Gasteiger partial charge >= 0.3 is 0 Å². The van der Waals surface area contributed by atoms with Gasteiger partial charge in [-0.1, -0.05) is 35.9 Å². The number of furan rings is 1. The van der Waals surface area contributed by atoms with Crippen LogP contribution in [-0.4, -0.2) is 28.2 Å². The Morgan fingerprint density at radius 1 is 1.03 bits per heavy atom. The van der Waals surface area contributed by atoms with Gasteiger partial charge in [0, 0.05) is 31.4 Å². The SMILES string of the molecule is Cc1ccc([C@@H]2c3cc(OCc4ccc(C(=O)NCc5ccncc5)o4)ccc3CCN2C(=O)C2CC2)cc1. The Kier molecular flexibility index (Phi) is 6.88. The molecule has 6 rings (SSSR count). The molecule has 198 valence electrons. The lowest BCUT2D eigenvalue weighted by molar-refractivity contribution is -0.134. The molecule has 2 aliphatic rings. The number of ether oxygens (including phenoxy) is 1. The molecule has 2 amide bonds. The molecule has 1 aliphatic carbocycles. The van der Waals surface area contributed by atoms with Crippen molar-refractivity contribution in [1.82, 2.24) is 15.2 Å². The Labute approximate surface area is 227 Å². The van der Waals surface area contributed by atoms with Gasteiger partial charge in [0.2, 0.25) is 5.91 Å². The highest BCUT2D eigenvalue weighted by Crippen LogP contribution is 2.41. The molecule has 0 radical (unpaired) electrons. The molecule has 2 aromatic heterocycles. The molecule has 1 aliphatic heterocycles. The first kappa shape index (κ1) is 24.9. The lowest BCUT2D eigenvalue weighted by Gasteiger charge is -2.38. The lowest BCUT2D eigenvalue weighted by atomic mass is 9.87. The second-order valence-corrected chi connectivity index (χ2v) is 10.3. The highest BCUT2D eigenvalue weighted by Gasteiger charge is 2.39. The first-order chi connectivity index (χ1) is 19.0. The molecular formula is C32H31N3O4. The van der Waals surface area contributed by atoms with Gasteiger partial charge in [-0.3, -0.25) is 14.6 Å². The second-order valence-electron chi connectivity index (χ2n) is 10.3. The summed E-state index contributed by atoms with van der Waals surface area (Å²) < 4.78 is 11.9. The summed E-state index contributed by atoms with van der Waals surface area (Å²) in [4.78, 5) is 31.8. The number of rotatable bonds is 8. The third kappa shape index (κ3) is 5.58. The zero-order valence-corrected chi connectivity index (χ0v) is 21.9. The summed E-state index contributed by atoms with van der Waals surface area (Å²) in [5, 5.41) is 2.85. The van der Waals surface area contributed by atoms with E-state index < -0.39 is 0 Å². The van der Waals surface area contributed by atoms with Crippen LogP contribution >= 0.6 is 0 Å². The molecule has 7 heteroatoms. The minimum Gasteiger partial charge on any atom is -0.486 e. The van der Waals surface area contributed by atoms with Crippen molar-refractivity contribution in [2.75, 3.05) is 6.54 Å². The number of fused-ring (bicyclic) bond motifs is 1. The van der Waals surface area contributed by atoms with Crippen LogP contribution in [0.15, 0.2) is 83.5 Å². The first-order valence-electron chi connectivity index (χ1n) is 13.4. The van der Waals surface area contributed by atoms with Crippen LogP contribution in [0.25, 0.3) is 0 Å². The highest BCUT2D eigenvalue weighted by atomic mass is 16.5. The molecule has 1 fully saturated rings. The van der Waals surface area contributed by atoms with Crippen molar-refractivity contribution in [2.24, 2.45) is 5.92 Å². The molecule has 7 nitrogen and oxygen atoms in total. The molecule has 2 aromatic carbocycles. The van der Waals surface area contributed by atoms with E-state index >= 15 is 0 Å². The Morgan fingerprint density at radius 3 is 2.59 bits per heavy atom. The number of carbonyl (C=O) groups is 2. The van der Waals surface area contributed by atoms with Gasteiger partial charge in [-0.25, -0.2) is 0 Å². The minimum atomic E-state index is -0.284. The van der Waals surface area contributed by atoms with Gasteiger partial charge < -0.3 is 19.4 Å². The van der Waals surface area contributed by atoms with E-state index in [-0.39, 0.29) is 36.1 Å². The Hall–Kier alpha value is -4.39. The monoisotopic (exact) mass is 521 g/mol. The van der Waals surface area contributed by atoms with Crippen LogP contribution in [0.5, 0.6) is 5.75 Å². The van der Waals surface area contributed by atoms with Gasteiger partial charge in [0.25, 0.3) is 5.91 Å². The van der Waals surface area contributed by atoms with Crippen molar-refractivity contribution in [3.8, 4) is 5.75 Å². The smallest absolute Gasteiger partial charge is 0.287 e. The van der Waals surface area contributed by atoms with Crippen molar-refractivity contribution in [2.45, 2.75) is 45.4 Å². The largest absolute Gasteiger partial charge is 0.486 e. The Morgan fingerprint density at radius 2 is 1.82 bits per heavy atom. The van der Waals surface area contributed by atoms with Crippen molar-refractivity contribution in [3.63, 3.8) is 0 Å². The van der Waals surface area contributed by atoms with Crippen LogP contribution in [0.1, 0.15) is 63.0 Å². The summed E-state index contributed by atoms with van der Waals surface area (Å²) in [5.74, 6) is 1.63. The molecule has 39 heavy (non-hydrogen) atoms. The fraction of sp³-hybridized carbons (Fsp3) is 0.281. The number of carbonyl (C=O) groups excluding carboxylic acids is 2. The number of hydrogen-bond donors (Lipinski definition) is 1. The third-order valence-electron chi connectivity index (χ3n) is 7.42. The van der Waals surface area contributed by atoms with Crippen molar-refractivity contribution in [3.05, 3.63) is 118 Å². The molecule has 3 heterocycles. The van der Waals surface area contributed by atoms with Gasteiger partial charge in [0.1, 0.15) is 18.1 Å². The zero-order valence-electron chi connectivity index (χ0n) is 21.9. The molecule has 1 saturated carbocycles. The molecule has 0 saturated heterocycles. The van der Waals surface area contributed by atoms with E-state index in [2.05, 4.69) is 58.5 Å². The van der Waals surface area contributed by atoms with Crippen LogP contribution in [0.4, 0.5) is 0 Å². The van der Waals surface area contributed by atoms with Crippen LogP contribution in [0, 0.1) is 12.8 Å². The summed E-state index contributed by atoms with van der Waals surface area (Å²) in [6.45, 7) is 3.38. The molecular weight excluding hydrogens is 490 g/mol. The standard InChI is InChI=1S/C32H31N3O4/c1-21-2-4-24(5-3-21)30-28-18-26(9-8-23(28)14-17-35(30)32(37)25-6-7-25)38-20-27-10-11-29(39-27)31(36)34-19-22-12-15-33-16-13-22/h2-5,8-13,15-16,18,25,30H,6-7,14,17,19-20H2,1H3,(H,34,36)/t30-/m1/s1. The van der Waals surface area contributed by atoms with Gasteiger partial charge in [-0.15, -0.1) is 0 Å². The van der Waals surface area contributed by atoms with Gasteiger partial charge in [-0.2, -0.15) is 0 Å². The maximum atomic E-state index is 13.2. The predicted octanol–water partition coefficient (Wildman–Crippen LogP) is 5.38. The molecule has 0 spiro atoms. The fourth-order valence-electron chi connectivity index (χ4n) is 5.10. The lowest BCUT2D eigenvalue weighted by Crippen LogP contribution is -2.41. The number of amides is 2. The molecule has 0 bridgehead atoms. The van der Waals surface area contributed by atoms with Crippen LogP contribution in [0.2, 0.25) is 0 Å². The maximum Gasteiger partial charge on any atom is 0.287 e. The average Bonchev–Trinajstić information content (AvgIpc) is 3.72. The van der Waals surface area contributed by atoms with Gasteiger partial charge in [0.05, 0.1) is 6.04 Å². The second kappa shape index (κ2) is 10.8. The molecule has 1 atom stereocenters. The van der Waals surface area contributed by atoms with Gasteiger partial charge in [0.15, 0.2) is 5.76 Å². The summed E-state index contributed by atoms with van der Waals surface area (Å²) in [7, 11) is 0. The van der Waals surface area contributed by atoms with Gasteiger partial charge in [-0.05, 0) is 84.8 Å². The van der Waals surface area contributed by atoms with E-state index in [4.69, 9.17) is 9.15 Å². The Balaban J connectivity index is 1.17. The molecule has 4 aromatic rings. The number of hydrogen-bond acceptors (Lipinski definition) is 5. The third-order valence-corrected chi connectivity index (χ3v) is 7.42. The summed E-state index contributed by atoms with van der Waals surface area (Å²) in [5.41, 5.74) is 5.60. The quantitative estimate of drug-likeness (QED) is 0.337. The normalized spacial score (nSPS) is 16.4. The predicted molar refractivity (Wildman–Crippen MR) is 146 cm³/mol. The van der Waals surface area contributed by atoms with E-state index in [1.165, 1.54) is 11.1 Å². The van der Waals surface area contributed by atoms with E-state index in [1.807, 2.05) is 18.2 Å². The number of nitrogens with one attached hydrogen (secondary N) is 1. The molecule has 1 N–H and O–H groups in total. The summed E-state index contributed by atoms with van der Waals surface area (Å²) in [6.07, 6.45) is 6.18. The average molecular weight is 522 g/mol. The highest BCUT2D eigenvalue weighted by molar-refractivity contribution is 5.91. The fourth-order valence-corrected chi connectivity index (χ4v) is 5.10. The zero-order chi connectivity index (χ0) is 26.8. The topological polar surface area (TPSA) is 84.7 Å². The summed E-state index contributed by atoms with van der Waals surface area (Å²) >= 11 is 0. The van der Waals surface area contributed by atoms with Crippen molar-refractivity contribution >= 4 is 11.8 Å². The first-order valence-corrected chi connectivity index (χ1v) is 13.4. The van der Waals surface area contributed by atoms with Crippen molar-refractivity contribution in [1.29, 1.82) is 0 Å². The number of nitrogens with zero attached hydrogens (tertiary/aromatic N) is 2. The van der Waals surface area contributed by atoms with Crippen LogP contribution in [-0.2, 0) is 24.4 Å². The number of aryl methyl sites for hydroxylation is 1. The van der Waals surface area contributed by atoms with Crippen molar-refractivity contribution < 1.29 is 18.7 Å². The van der Waals surface area contributed by atoms with E-state index in [0.717, 1.165) is 42.5 Å². The maximum absolute atomic E-state index is 13.2. The minimum absolute atomic E-state index is 0.134. The van der Waals surface area contributed by atoms with E-state index in [9.17, 15) is 9.59 Å². The molecule has 0 unspecified atom stereocenters.